The van der Waals surface area contributed by atoms with Crippen LogP contribution in [0.3, 0.4) is 0 Å². The number of aryl methyl sites for hydroxylation is 2. The second-order valence-electron chi connectivity index (χ2n) is 3.73. The van der Waals surface area contributed by atoms with Crippen molar-refractivity contribution < 1.29 is 14.3 Å². The van der Waals surface area contributed by atoms with Crippen LogP contribution in [0.4, 0.5) is 0 Å². The number of rotatable bonds is 7. The maximum Gasteiger partial charge on any atom is 0.306 e. The van der Waals surface area contributed by atoms with E-state index >= 15 is 0 Å². The zero-order chi connectivity index (χ0) is 12.7. The zero-order valence-electron chi connectivity index (χ0n) is 10.2. The number of hydrogen-bond donors (Lipinski definition) is 0. The van der Waals surface area contributed by atoms with Gasteiger partial charge in [0.05, 0.1) is 18.7 Å². The Labute approximate surface area is 99.9 Å². The molecule has 0 amide bonds. The predicted molar refractivity (Wildman–Crippen MR) is 60.2 cm³/mol. The van der Waals surface area contributed by atoms with Gasteiger partial charge in [-0.25, -0.2) is 0 Å². The average molecular weight is 239 g/mol. The molecule has 0 unspecified atom stereocenters. The van der Waals surface area contributed by atoms with Crippen molar-refractivity contribution in [3.63, 3.8) is 0 Å². The molecule has 1 heterocycles. The molecule has 0 saturated heterocycles. The van der Waals surface area contributed by atoms with Gasteiger partial charge < -0.3 is 4.74 Å². The topological polar surface area (TPSA) is 74.1 Å². The number of hydrogen-bond acceptors (Lipinski definition) is 5. The van der Waals surface area contributed by atoms with Gasteiger partial charge in [-0.3, -0.25) is 14.3 Å². The number of carbonyl (C=O) groups is 2. The van der Waals surface area contributed by atoms with Gasteiger partial charge in [0, 0.05) is 26.1 Å². The van der Waals surface area contributed by atoms with E-state index in [4.69, 9.17) is 4.74 Å². The van der Waals surface area contributed by atoms with Crippen LogP contribution in [0.15, 0.2) is 6.20 Å². The quantitative estimate of drug-likeness (QED) is 0.653. The summed E-state index contributed by atoms with van der Waals surface area (Å²) in [6.45, 7) is 2.10. The van der Waals surface area contributed by atoms with Crippen molar-refractivity contribution in [3.05, 3.63) is 11.9 Å². The molecule has 0 aliphatic carbocycles. The Kier molecular flexibility index (Phi) is 5.32. The van der Waals surface area contributed by atoms with Gasteiger partial charge in [-0.15, -0.1) is 5.10 Å². The Morgan fingerprint density at radius 3 is 2.71 bits per heavy atom. The SMILES string of the molecule is CCOC(=O)CCC(=O)CCc1cn(C)nn1. The van der Waals surface area contributed by atoms with Gasteiger partial charge in [0.2, 0.25) is 0 Å². The fourth-order valence-electron chi connectivity index (χ4n) is 1.38. The highest BCUT2D eigenvalue weighted by molar-refractivity contribution is 5.83. The van der Waals surface area contributed by atoms with Crippen LogP contribution in [0.2, 0.25) is 0 Å². The molecule has 0 fully saturated rings. The fourth-order valence-corrected chi connectivity index (χ4v) is 1.38. The largest absolute Gasteiger partial charge is 0.466 e. The van der Waals surface area contributed by atoms with Gasteiger partial charge in [-0.1, -0.05) is 5.21 Å². The Morgan fingerprint density at radius 1 is 1.35 bits per heavy atom. The first-order chi connectivity index (χ1) is 8.11. The summed E-state index contributed by atoms with van der Waals surface area (Å²) >= 11 is 0. The van der Waals surface area contributed by atoms with Crippen molar-refractivity contribution in [2.45, 2.75) is 32.6 Å². The lowest BCUT2D eigenvalue weighted by molar-refractivity contribution is -0.144. The van der Waals surface area contributed by atoms with Crippen molar-refractivity contribution in [2.75, 3.05) is 6.61 Å². The lowest BCUT2D eigenvalue weighted by Crippen LogP contribution is -2.08. The van der Waals surface area contributed by atoms with E-state index in [0.717, 1.165) is 5.69 Å². The minimum atomic E-state index is -0.319. The van der Waals surface area contributed by atoms with Crippen LogP contribution in [0.5, 0.6) is 0 Å². The van der Waals surface area contributed by atoms with Gasteiger partial charge in [-0.2, -0.15) is 0 Å². The van der Waals surface area contributed by atoms with E-state index in [1.807, 2.05) is 0 Å². The molecule has 0 atom stereocenters. The summed E-state index contributed by atoms with van der Waals surface area (Å²) < 4.78 is 6.34. The van der Waals surface area contributed by atoms with Crippen LogP contribution in [0.25, 0.3) is 0 Å². The van der Waals surface area contributed by atoms with Crippen LogP contribution in [-0.4, -0.2) is 33.4 Å². The smallest absolute Gasteiger partial charge is 0.306 e. The summed E-state index contributed by atoms with van der Waals surface area (Å²) in [6.07, 6.45) is 3.12. The van der Waals surface area contributed by atoms with Crippen LogP contribution in [0.1, 0.15) is 31.9 Å². The van der Waals surface area contributed by atoms with Crippen molar-refractivity contribution in [1.82, 2.24) is 15.0 Å². The lowest BCUT2D eigenvalue weighted by Gasteiger charge is -2.00. The van der Waals surface area contributed by atoms with E-state index < -0.39 is 0 Å². The van der Waals surface area contributed by atoms with E-state index in [1.165, 1.54) is 0 Å². The molecule has 0 spiro atoms. The third-order valence-electron chi connectivity index (χ3n) is 2.22. The second-order valence-corrected chi connectivity index (χ2v) is 3.73. The molecule has 6 heteroatoms. The summed E-state index contributed by atoms with van der Waals surface area (Å²) in [4.78, 5) is 22.5. The number of carbonyl (C=O) groups excluding carboxylic acids is 2. The molecule has 0 radical (unpaired) electrons. The zero-order valence-corrected chi connectivity index (χ0v) is 10.2. The first-order valence-electron chi connectivity index (χ1n) is 5.64. The Morgan fingerprint density at radius 2 is 2.12 bits per heavy atom. The highest BCUT2D eigenvalue weighted by atomic mass is 16.5. The minimum Gasteiger partial charge on any atom is -0.466 e. The summed E-state index contributed by atoms with van der Waals surface area (Å²) in [5.41, 5.74) is 0.789. The van der Waals surface area contributed by atoms with Crippen LogP contribution >= 0.6 is 0 Å². The molecule has 0 aliphatic rings. The number of aromatic nitrogens is 3. The number of ketones is 1. The Balaban J connectivity index is 2.19. The third-order valence-corrected chi connectivity index (χ3v) is 2.22. The maximum absolute atomic E-state index is 11.5. The number of esters is 1. The van der Waals surface area contributed by atoms with Crippen LogP contribution in [-0.2, 0) is 27.8 Å². The molecule has 94 valence electrons. The molecule has 1 aromatic rings. The second kappa shape index (κ2) is 6.78. The van der Waals surface area contributed by atoms with E-state index in [2.05, 4.69) is 10.3 Å². The highest BCUT2D eigenvalue weighted by Gasteiger charge is 2.08. The van der Waals surface area contributed by atoms with Gasteiger partial charge in [0.25, 0.3) is 0 Å². The molecule has 0 aliphatic heterocycles. The van der Waals surface area contributed by atoms with Crippen LogP contribution in [0, 0.1) is 0 Å². The number of nitrogens with zero attached hydrogens (tertiary/aromatic N) is 3. The number of Topliss-reactive ketones (excluding diaryl/α,β-unsaturated/α-hetero) is 1. The van der Waals surface area contributed by atoms with Gasteiger partial charge >= 0.3 is 5.97 Å². The van der Waals surface area contributed by atoms with Crippen molar-refractivity contribution in [1.29, 1.82) is 0 Å². The molecule has 0 aromatic carbocycles. The number of ether oxygens (including phenoxy) is 1. The van der Waals surface area contributed by atoms with Gasteiger partial charge in [0.1, 0.15) is 5.78 Å². The van der Waals surface area contributed by atoms with Gasteiger partial charge in [0.15, 0.2) is 0 Å². The summed E-state index contributed by atoms with van der Waals surface area (Å²) in [5.74, 6) is -0.274. The maximum atomic E-state index is 11.5. The summed E-state index contributed by atoms with van der Waals surface area (Å²) in [5, 5.41) is 7.66. The molecule has 17 heavy (non-hydrogen) atoms. The minimum absolute atomic E-state index is 0.0451. The summed E-state index contributed by atoms with van der Waals surface area (Å²) in [7, 11) is 1.78. The van der Waals surface area contributed by atoms with Crippen LogP contribution < -0.4 is 0 Å². The van der Waals surface area contributed by atoms with E-state index in [1.54, 1.807) is 24.9 Å². The normalized spacial score (nSPS) is 10.2. The van der Waals surface area contributed by atoms with E-state index in [9.17, 15) is 9.59 Å². The first-order valence-corrected chi connectivity index (χ1v) is 5.64. The van der Waals surface area contributed by atoms with Gasteiger partial charge in [-0.05, 0) is 13.3 Å². The molecular formula is C11H17N3O3. The van der Waals surface area contributed by atoms with E-state index in [-0.39, 0.29) is 24.6 Å². The molecule has 1 aromatic heterocycles. The van der Waals surface area contributed by atoms with Crippen molar-refractivity contribution >= 4 is 11.8 Å². The Hall–Kier alpha value is -1.72. The molecule has 1 rings (SSSR count). The molecule has 6 nitrogen and oxygen atoms in total. The average Bonchev–Trinajstić information content (AvgIpc) is 2.70. The molecule has 0 N–H and O–H groups in total. The Bertz CT molecular complexity index is 387. The van der Waals surface area contributed by atoms with Crippen molar-refractivity contribution in [3.8, 4) is 0 Å². The fraction of sp³-hybridized carbons (Fsp3) is 0.636. The summed E-state index contributed by atoms with van der Waals surface area (Å²) in [6, 6.07) is 0. The predicted octanol–water partition coefficient (Wildman–Crippen LogP) is 0.660. The molecule has 0 bridgehead atoms. The molecule has 0 saturated carbocycles. The highest BCUT2D eigenvalue weighted by Crippen LogP contribution is 2.02. The van der Waals surface area contributed by atoms with E-state index in [0.29, 0.717) is 19.4 Å². The monoisotopic (exact) mass is 239 g/mol. The lowest BCUT2D eigenvalue weighted by atomic mass is 10.1. The molecular weight excluding hydrogens is 222 g/mol. The van der Waals surface area contributed by atoms with Crippen molar-refractivity contribution in [2.24, 2.45) is 7.05 Å². The first kappa shape index (κ1) is 13.3. The third kappa shape index (κ3) is 5.24. The standard InChI is InChI=1S/C11H17N3O3/c1-3-17-11(16)7-6-10(15)5-4-9-8-14(2)13-12-9/h8H,3-7H2,1-2H3.